The molecule has 1 aliphatic rings. The molecule has 0 spiro atoms. The lowest BCUT2D eigenvalue weighted by Gasteiger charge is -2.27. The fourth-order valence-electron chi connectivity index (χ4n) is 4.48. The van der Waals surface area contributed by atoms with Crippen molar-refractivity contribution in [2.45, 2.75) is 43.9 Å². The first kappa shape index (κ1) is 23.8. The third kappa shape index (κ3) is 4.91. The summed E-state index contributed by atoms with van der Waals surface area (Å²) in [4.78, 5) is 39.3. The number of Topliss-reactive ketones (excluding diaryl/α,β-unsaturated/α-hetero) is 1. The fraction of sp³-hybridized carbons (Fsp3) is 0.346. The van der Waals surface area contributed by atoms with Crippen LogP contribution >= 0.6 is 0 Å². The summed E-state index contributed by atoms with van der Waals surface area (Å²) in [5.74, 6) is -0.181. The molecule has 1 aromatic heterocycles. The number of ketones is 1. The Morgan fingerprint density at radius 3 is 2.29 bits per heavy atom. The van der Waals surface area contributed by atoms with Crippen LogP contribution in [-0.4, -0.2) is 44.0 Å². The molecule has 178 valence electrons. The van der Waals surface area contributed by atoms with Crippen LogP contribution in [0, 0.1) is 0 Å². The van der Waals surface area contributed by atoms with Crippen molar-refractivity contribution in [3.63, 3.8) is 0 Å². The molecule has 3 aromatic rings. The summed E-state index contributed by atoms with van der Waals surface area (Å²) in [6.45, 7) is 4.81. The molecular formula is C26H30N2O5Si. The Kier molecular flexibility index (Phi) is 6.61. The zero-order chi connectivity index (χ0) is 24.5. The Morgan fingerprint density at radius 1 is 1.12 bits per heavy atom. The van der Waals surface area contributed by atoms with Gasteiger partial charge in [-0.2, -0.15) is 5.16 Å². The maximum atomic E-state index is 13.5. The number of carbonyl (C=O) groups excluding carboxylic acids is 2. The minimum Gasteiger partial charge on any atom is -0.497 e. The van der Waals surface area contributed by atoms with Crippen molar-refractivity contribution in [2.24, 2.45) is 0 Å². The van der Waals surface area contributed by atoms with E-state index in [0.29, 0.717) is 11.3 Å². The van der Waals surface area contributed by atoms with Crippen molar-refractivity contribution in [3.8, 4) is 5.75 Å². The van der Waals surface area contributed by atoms with Crippen LogP contribution < -0.4 is 15.5 Å². The molecule has 1 saturated carbocycles. The number of methoxy groups -OCH3 is 1. The zero-order valence-corrected chi connectivity index (χ0v) is 21.0. The van der Waals surface area contributed by atoms with Crippen LogP contribution in [0.2, 0.25) is 18.6 Å². The molecule has 1 atom stereocenters. The average Bonchev–Trinajstić information content (AvgIpc) is 3.61. The third-order valence-electron chi connectivity index (χ3n) is 6.85. The Hall–Kier alpha value is -3.39. The Morgan fingerprint density at radius 2 is 1.76 bits per heavy atom. The molecule has 1 aliphatic carbocycles. The van der Waals surface area contributed by atoms with Gasteiger partial charge in [-0.1, -0.05) is 67.5 Å². The number of nitrogens with zero attached hydrogens (tertiary/aromatic N) is 1. The Labute approximate surface area is 199 Å². The molecule has 2 aromatic carbocycles. The minimum absolute atomic E-state index is 0.134. The van der Waals surface area contributed by atoms with E-state index in [1.54, 1.807) is 31.4 Å². The van der Waals surface area contributed by atoms with Crippen molar-refractivity contribution in [2.75, 3.05) is 14.2 Å². The van der Waals surface area contributed by atoms with E-state index in [4.69, 9.17) is 9.26 Å². The number of aromatic nitrogens is 1. The first-order valence-corrected chi connectivity index (χ1v) is 14.5. The summed E-state index contributed by atoms with van der Waals surface area (Å²) in [5.41, 5.74) is 1.90. The molecule has 0 bridgehead atoms. The van der Waals surface area contributed by atoms with Gasteiger partial charge in [0.05, 0.1) is 21.3 Å². The summed E-state index contributed by atoms with van der Waals surface area (Å²) in [5, 5.41) is 3.53. The minimum atomic E-state index is -1.45. The quantitative estimate of drug-likeness (QED) is 0.474. The normalized spacial score (nSPS) is 14.5. The van der Waals surface area contributed by atoms with Gasteiger partial charge in [0.25, 0.3) is 11.5 Å². The SMILES string of the molecule is COc1ccc(C(C(=O)Cc2ccc([Si](C)(C)C3CC3)cc2)N(C)C(=O)c2cc(=O)[nH]o2)cc1. The first-order chi connectivity index (χ1) is 16.2. The summed E-state index contributed by atoms with van der Waals surface area (Å²) in [6, 6.07) is 15.7. The van der Waals surface area contributed by atoms with E-state index < -0.39 is 25.6 Å². The highest BCUT2D eigenvalue weighted by molar-refractivity contribution is 6.91. The number of hydrogen-bond donors (Lipinski definition) is 1. The van der Waals surface area contributed by atoms with Gasteiger partial charge in [0.15, 0.2) is 5.78 Å². The van der Waals surface area contributed by atoms with Crippen LogP contribution in [0.5, 0.6) is 5.75 Å². The third-order valence-corrected chi connectivity index (χ3v) is 11.3. The Balaban J connectivity index is 1.59. The standard InChI is InChI=1S/C26H30N2O5Si/c1-28(26(31)23-16-24(30)27-33-23)25(18-7-9-19(32-2)10-8-18)22(29)15-17-5-11-20(12-6-17)34(3,4)21-13-14-21/h5-12,16,21,25H,13-15H2,1-4H3,(H,27,30). The van der Waals surface area contributed by atoms with Crippen LogP contribution in [-0.2, 0) is 11.2 Å². The van der Waals surface area contributed by atoms with Gasteiger partial charge in [-0.05, 0) is 28.8 Å². The number of ether oxygens (including phenoxy) is 1. The van der Waals surface area contributed by atoms with Gasteiger partial charge in [-0.3, -0.25) is 14.4 Å². The van der Waals surface area contributed by atoms with Crippen molar-refractivity contribution in [3.05, 3.63) is 81.8 Å². The number of H-pyrrole nitrogens is 1. The molecule has 1 amide bonds. The van der Waals surface area contributed by atoms with Gasteiger partial charge in [0, 0.05) is 13.5 Å². The lowest BCUT2D eigenvalue weighted by molar-refractivity contribution is -0.122. The number of hydrogen-bond acceptors (Lipinski definition) is 5. The number of carbonyl (C=O) groups is 2. The number of benzene rings is 2. The smallest absolute Gasteiger partial charge is 0.293 e. The van der Waals surface area contributed by atoms with Crippen molar-refractivity contribution in [1.82, 2.24) is 10.1 Å². The maximum Gasteiger partial charge on any atom is 0.293 e. The molecule has 34 heavy (non-hydrogen) atoms. The topological polar surface area (TPSA) is 92.6 Å². The fourth-order valence-corrected chi connectivity index (χ4v) is 7.59. The van der Waals surface area contributed by atoms with Crippen molar-refractivity contribution in [1.29, 1.82) is 0 Å². The van der Waals surface area contributed by atoms with E-state index in [2.05, 4.69) is 30.4 Å². The molecule has 1 fully saturated rings. The number of likely N-dealkylation sites (N-methyl/N-ethyl adjacent to an activating group) is 1. The van der Waals surface area contributed by atoms with Crippen molar-refractivity contribution >= 4 is 25.0 Å². The summed E-state index contributed by atoms with van der Waals surface area (Å²) in [7, 11) is 1.66. The molecule has 1 heterocycles. The molecule has 0 aliphatic heterocycles. The average molecular weight is 479 g/mol. The van der Waals surface area contributed by atoms with Crippen LogP contribution in [0.15, 0.2) is 63.9 Å². The van der Waals surface area contributed by atoms with E-state index in [0.717, 1.165) is 17.2 Å². The number of rotatable bonds is 9. The highest BCUT2D eigenvalue weighted by atomic mass is 28.3. The van der Waals surface area contributed by atoms with E-state index in [9.17, 15) is 14.4 Å². The predicted octanol–water partition coefficient (Wildman–Crippen LogP) is 3.68. The largest absolute Gasteiger partial charge is 0.497 e. The van der Waals surface area contributed by atoms with Crippen LogP contribution in [0.3, 0.4) is 0 Å². The second-order valence-electron chi connectivity index (χ2n) is 9.50. The molecule has 1 N–H and O–H groups in total. The van der Waals surface area contributed by atoms with Crippen LogP contribution in [0.4, 0.5) is 0 Å². The molecule has 0 saturated heterocycles. The molecule has 8 heteroatoms. The Bertz CT molecular complexity index is 1220. The van der Waals surface area contributed by atoms with Gasteiger partial charge in [0.1, 0.15) is 11.8 Å². The maximum absolute atomic E-state index is 13.5. The molecule has 0 radical (unpaired) electrons. The highest BCUT2D eigenvalue weighted by Crippen LogP contribution is 2.44. The molecule has 4 rings (SSSR count). The summed E-state index contributed by atoms with van der Waals surface area (Å²) in [6.07, 6.45) is 2.83. The number of aromatic amines is 1. The van der Waals surface area contributed by atoms with E-state index >= 15 is 0 Å². The van der Waals surface area contributed by atoms with Gasteiger partial charge < -0.3 is 14.2 Å². The van der Waals surface area contributed by atoms with Gasteiger partial charge in [0.2, 0.25) is 5.76 Å². The molecule has 1 unspecified atom stereocenters. The molecule has 7 nitrogen and oxygen atoms in total. The number of nitrogens with one attached hydrogen (secondary N) is 1. The zero-order valence-electron chi connectivity index (χ0n) is 20.0. The van der Waals surface area contributed by atoms with Crippen LogP contribution in [0.25, 0.3) is 0 Å². The molecular weight excluding hydrogens is 448 g/mol. The summed E-state index contributed by atoms with van der Waals surface area (Å²) < 4.78 is 10.2. The van der Waals surface area contributed by atoms with Gasteiger partial charge in [-0.25, -0.2) is 0 Å². The highest BCUT2D eigenvalue weighted by Gasteiger charge is 2.40. The van der Waals surface area contributed by atoms with Crippen LogP contribution in [0.1, 0.15) is 40.6 Å². The van der Waals surface area contributed by atoms with E-state index in [1.165, 1.54) is 30.0 Å². The first-order valence-electron chi connectivity index (χ1n) is 11.4. The monoisotopic (exact) mass is 478 g/mol. The van der Waals surface area contributed by atoms with Gasteiger partial charge >= 0.3 is 0 Å². The van der Waals surface area contributed by atoms with E-state index in [-0.39, 0.29) is 18.0 Å². The number of amides is 1. The van der Waals surface area contributed by atoms with Crippen molar-refractivity contribution < 1.29 is 18.8 Å². The second kappa shape index (κ2) is 9.46. The van der Waals surface area contributed by atoms with E-state index in [1.807, 2.05) is 12.1 Å². The summed E-state index contributed by atoms with van der Waals surface area (Å²) >= 11 is 0. The lowest BCUT2D eigenvalue weighted by Crippen LogP contribution is -2.41. The predicted molar refractivity (Wildman–Crippen MR) is 132 cm³/mol. The lowest BCUT2D eigenvalue weighted by atomic mass is 9.96. The van der Waals surface area contributed by atoms with Gasteiger partial charge in [-0.15, -0.1) is 0 Å². The second-order valence-corrected chi connectivity index (χ2v) is 14.3.